The van der Waals surface area contributed by atoms with Gasteiger partial charge in [0.15, 0.2) is 9.84 Å². The number of hydrogen-bond acceptors (Lipinski definition) is 4. The van der Waals surface area contributed by atoms with Gasteiger partial charge in [-0.1, -0.05) is 55.0 Å². The van der Waals surface area contributed by atoms with E-state index < -0.39 is 27.2 Å². The van der Waals surface area contributed by atoms with Crippen molar-refractivity contribution < 1.29 is 18.3 Å². The zero-order valence-corrected chi connectivity index (χ0v) is 16.4. The minimum Gasteiger partial charge on any atom is -0.373 e. The van der Waals surface area contributed by atoms with Crippen LogP contribution in [0.3, 0.4) is 0 Å². The van der Waals surface area contributed by atoms with Gasteiger partial charge in [-0.25, -0.2) is 8.42 Å². The number of nitrogens with zero attached hydrogens (tertiary/aromatic N) is 1. The maximum Gasteiger partial charge on any atom is 0.243 e. The van der Waals surface area contributed by atoms with E-state index in [9.17, 15) is 18.3 Å². The van der Waals surface area contributed by atoms with Crippen LogP contribution < -0.4 is 0 Å². The molecular formula is C21H25NO4S. The molecule has 1 amide bonds. The predicted molar refractivity (Wildman–Crippen MR) is 104 cm³/mol. The van der Waals surface area contributed by atoms with E-state index in [4.69, 9.17) is 0 Å². The highest BCUT2D eigenvalue weighted by Gasteiger charge is 2.46. The van der Waals surface area contributed by atoms with Gasteiger partial charge in [0.05, 0.1) is 4.90 Å². The quantitative estimate of drug-likeness (QED) is 0.856. The maximum atomic E-state index is 13.1. The molecule has 0 bridgehead atoms. The summed E-state index contributed by atoms with van der Waals surface area (Å²) >= 11 is 0. The maximum absolute atomic E-state index is 13.1. The molecule has 0 aliphatic carbocycles. The number of aliphatic hydroxyl groups excluding tert-OH is 1. The van der Waals surface area contributed by atoms with Crippen molar-refractivity contribution in [3.8, 4) is 0 Å². The second-order valence-corrected chi connectivity index (χ2v) is 9.25. The fourth-order valence-corrected chi connectivity index (χ4v) is 5.29. The third kappa shape index (κ3) is 3.92. The number of aliphatic hydroxyl groups is 1. The van der Waals surface area contributed by atoms with Gasteiger partial charge >= 0.3 is 0 Å². The topological polar surface area (TPSA) is 74.7 Å². The van der Waals surface area contributed by atoms with Crippen molar-refractivity contribution in [2.75, 3.05) is 0 Å². The van der Waals surface area contributed by atoms with Crippen LogP contribution in [0.25, 0.3) is 0 Å². The van der Waals surface area contributed by atoms with E-state index in [1.165, 1.54) is 4.90 Å². The van der Waals surface area contributed by atoms with Gasteiger partial charge in [0, 0.05) is 12.5 Å². The van der Waals surface area contributed by atoms with E-state index in [1.54, 1.807) is 24.3 Å². The average Bonchev–Trinajstić information content (AvgIpc) is 2.66. The first-order chi connectivity index (χ1) is 12.8. The van der Waals surface area contributed by atoms with Gasteiger partial charge in [0.1, 0.15) is 11.5 Å². The van der Waals surface area contributed by atoms with Crippen molar-refractivity contribution in [2.24, 2.45) is 5.92 Å². The van der Waals surface area contributed by atoms with Crippen LogP contribution in [0.2, 0.25) is 0 Å². The third-order valence-electron chi connectivity index (χ3n) is 5.26. The number of carbonyl (C=O) groups is 1. The number of piperidine rings is 1. The molecule has 3 atom stereocenters. The Balaban J connectivity index is 1.95. The van der Waals surface area contributed by atoms with E-state index in [-0.39, 0.29) is 23.8 Å². The molecule has 6 heteroatoms. The van der Waals surface area contributed by atoms with Gasteiger partial charge < -0.3 is 10.0 Å². The molecule has 144 valence electrons. The summed E-state index contributed by atoms with van der Waals surface area (Å²) in [4.78, 5) is 14.5. The van der Waals surface area contributed by atoms with Crippen molar-refractivity contribution in [3.05, 3.63) is 65.7 Å². The average molecular weight is 388 g/mol. The molecule has 1 saturated heterocycles. The van der Waals surface area contributed by atoms with Gasteiger partial charge in [-0.2, -0.15) is 0 Å². The van der Waals surface area contributed by atoms with Crippen molar-refractivity contribution in [1.29, 1.82) is 0 Å². The van der Waals surface area contributed by atoms with Gasteiger partial charge in [0.25, 0.3) is 0 Å². The first kappa shape index (κ1) is 19.6. The number of hydrogen-bond donors (Lipinski definition) is 1. The summed E-state index contributed by atoms with van der Waals surface area (Å²) in [5.41, 5.74) is 1.81. The predicted octanol–water partition coefficient (Wildman–Crippen LogP) is 2.91. The van der Waals surface area contributed by atoms with Gasteiger partial charge in [-0.15, -0.1) is 0 Å². The smallest absolute Gasteiger partial charge is 0.243 e. The summed E-state index contributed by atoms with van der Waals surface area (Å²) in [6.07, 6.45) is -0.246. The third-order valence-corrected chi connectivity index (χ3v) is 7.33. The molecule has 27 heavy (non-hydrogen) atoms. The van der Waals surface area contributed by atoms with E-state index in [1.807, 2.05) is 44.2 Å². The molecule has 1 fully saturated rings. The molecule has 1 N–H and O–H groups in total. The molecule has 0 aromatic heterocycles. The number of rotatable bonds is 5. The molecule has 0 spiro atoms. The molecule has 1 heterocycles. The SMILES string of the molecule is CCC1CC(S(=O)(=O)c2ccc(C)cc2)C(=O)N(Cc2ccccc2)C1O. The molecule has 2 aromatic rings. The van der Waals surface area contributed by atoms with Gasteiger partial charge in [-0.05, 0) is 37.5 Å². The molecule has 0 radical (unpaired) electrons. The fourth-order valence-electron chi connectivity index (χ4n) is 3.55. The van der Waals surface area contributed by atoms with Crippen LogP contribution in [0.5, 0.6) is 0 Å². The monoisotopic (exact) mass is 387 g/mol. The summed E-state index contributed by atoms with van der Waals surface area (Å²) in [7, 11) is -3.82. The van der Waals surface area contributed by atoms with Crippen LogP contribution in [0.1, 0.15) is 30.9 Å². The fraction of sp³-hybridized carbons (Fsp3) is 0.381. The zero-order chi connectivity index (χ0) is 19.6. The van der Waals surface area contributed by atoms with Crippen molar-refractivity contribution in [1.82, 2.24) is 4.90 Å². The first-order valence-corrected chi connectivity index (χ1v) is 10.7. The Bertz CT molecular complexity index is 894. The number of benzene rings is 2. The van der Waals surface area contributed by atoms with E-state index in [2.05, 4.69) is 0 Å². The van der Waals surface area contributed by atoms with Crippen LogP contribution in [-0.4, -0.2) is 35.8 Å². The van der Waals surface area contributed by atoms with Crippen molar-refractivity contribution in [3.63, 3.8) is 0 Å². The highest BCUT2D eigenvalue weighted by atomic mass is 32.2. The number of aryl methyl sites for hydroxylation is 1. The van der Waals surface area contributed by atoms with Crippen LogP contribution in [0, 0.1) is 12.8 Å². The van der Waals surface area contributed by atoms with E-state index >= 15 is 0 Å². The number of sulfone groups is 1. The highest BCUT2D eigenvalue weighted by molar-refractivity contribution is 7.92. The number of amides is 1. The highest BCUT2D eigenvalue weighted by Crippen LogP contribution is 2.33. The summed E-state index contributed by atoms with van der Waals surface area (Å²) in [6, 6.07) is 15.9. The Labute approximate surface area is 160 Å². The zero-order valence-electron chi connectivity index (χ0n) is 15.6. The molecular weight excluding hydrogens is 362 g/mol. The second-order valence-electron chi connectivity index (χ2n) is 7.12. The minimum atomic E-state index is -3.82. The lowest BCUT2D eigenvalue weighted by Crippen LogP contribution is -2.56. The van der Waals surface area contributed by atoms with E-state index in [0.717, 1.165) is 11.1 Å². The largest absolute Gasteiger partial charge is 0.373 e. The van der Waals surface area contributed by atoms with Crippen LogP contribution in [0.15, 0.2) is 59.5 Å². The molecule has 1 aliphatic rings. The number of likely N-dealkylation sites (tertiary alicyclic amines) is 1. The van der Waals surface area contributed by atoms with Gasteiger partial charge in [-0.3, -0.25) is 4.79 Å². The first-order valence-electron chi connectivity index (χ1n) is 9.17. The van der Waals surface area contributed by atoms with Gasteiger partial charge in [0.2, 0.25) is 5.91 Å². The lowest BCUT2D eigenvalue weighted by Gasteiger charge is -2.41. The Morgan fingerprint density at radius 3 is 2.30 bits per heavy atom. The standard InChI is InChI=1S/C21H25NO4S/c1-3-17-13-19(27(25,26)18-11-9-15(2)10-12-18)21(24)22(20(17)23)14-16-7-5-4-6-8-16/h4-12,17,19-20,23H,3,13-14H2,1-2H3. The Kier molecular flexibility index (Phi) is 5.67. The summed E-state index contributed by atoms with van der Waals surface area (Å²) in [5.74, 6) is -0.812. The van der Waals surface area contributed by atoms with E-state index in [0.29, 0.717) is 6.42 Å². The number of carbonyl (C=O) groups excluding carboxylic acids is 1. The van der Waals surface area contributed by atoms with Crippen molar-refractivity contribution >= 4 is 15.7 Å². The molecule has 3 rings (SSSR count). The molecule has 1 aliphatic heterocycles. The van der Waals surface area contributed by atoms with Crippen LogP contribution in [0.4, 0.5) is 0 Å². The second kappa shape index (κ2) is 7.82. The Hall–Kier alpha value is -2.18. The lowest BCUT2D eigenvalue weighted by molar-refractivity contribution is -0.153. The molecule has 5 nitrogen and oxygen atoms in total. The van der Waals surface area contributed by atoms with Crippen LogP contribution in [-0.2, 0) is 21.2 Å². The van der Waals surface area contributed by atoms with Crippen LogP contribution >= 0.6 is 0 Å². The normalized spacial score (nSPS) is 23.4. The molecule has 0 saturated carbocycles. The molecule has 3 unspecified atom stereocenters. The molecule has 2 aromatic carbocycles. The summed E-state index contributed by atoms with van der Waals surface area (Å²) in [5, 5.41) is 9.49. The Morgan fingerprint density at radius 1 is 1.07 bits per heavy atom. The Morgan fingerprint density at radius 2 is 1.70 bits per heavy atom. The lowest BCUT2D eigenvalue weighted by atomic mass is 9.92. The van der Waals surface area contributed by atoms with Crippen molar-refractivity contribution in [2.45, 2.75) is 49.6 Å². The summed E-state index contributed by atoms with van der Waals surface area (Å²) in [6.45, 7) is 3.98. The minimum absolute atomic E-state index is 0.137. The summed E-state index contributed by atoms with van der Waals surface area (Å²) < 4.78 is 26.3.